The van der Waals surface area contributed by atoms with Crippen LogP contribution in [0.4, 0.5) is 0 Å². The second-order valence-corrected chi connectivity index (χ2v) is 9.43. The molecule has 1 N–H and O–H groups in total. The van der Waals surface area contributed by atoms with Crippen molar-refractivity contribution in [2.75, 3.05) is 26.2 Å². The van der Waals surface area contributed by atoms with E-state index in [9.17, 15) is 8.42 Å². The van der Waals surface area contributed by atoms with Gasteiger partial charge in [-0.1, -0.05) is 11.2 Å². The highest BCUT2D eigenvalue weighted by atomic mass is 32.2. The predicted molar refractivity (Wildman–Crippen MR) is 99.0 cm³/mol. The van der Waals surface area contributed by atoms with Crippen molar-refractivity contribution in [1.29, 1.82) is 0 Å². The molecule has 1 aliphatic heterocycles. The number of nitrogens with one attached hydrogen (secondary N) is 1. The molecule has 0 spiro atoms. The second kappa shape index (κ2) is 7.19. The zero-order chi connectivity index (χ0) is 19.0. The molecule has 10 heteroatoms. The first-order chi connectivity index (χ1) is 12.9. The zero-order valence-electron chi connectivity index (χ0n) is 15.1. The van der Waals surface area contributed by atoms with E-state index in [2.05, 4.69) is 10.1 Å². The lowest BCUT2D eigenvalue weighted by Gasteiger charge is -2.30. The monoisotopic (exact) mass is 409 g/mol. The number of aryl methyl sites for hydroxylation is 2. The van der Waals surface area contributed by atoms with Crippen LogP contribution >= 0.6 is 11.3 Å². The van der Waals surface area contributed by atoms with Gasteiger partial charge in [-0.2, -0.15) is 4.31 Å². The number of thiophene rings is 1. The molecular weight excluding hydrogens is 388 g/mol. The van der Waals surface area contributed by atoms with E-state index in [0.717, 1.165) is 10.6 Å². The van der Waals surface area contributed by atoms with Crippen LogP contribution in [0.15, 0.2) is 37.6 Å². The summed E-state index contributed by atoms with van der Waals surface area (Å²) in [6.07, 6.45) is 1.69. The molecule has 0 aliphatic carbocycles. The normalized spacial score (nSPS) is 16.8. The van der Waals surface area contributed by atoms with Gasteiger partial charge >= 0.3 is 0 Å². The van der Waals surface area contributed by atoms with Gasteiger partial charge in [0.05, 0.1) is 31.1 Å². The molecule has 0 amide bonds. The smallest absolute Gasteiger partial charge is 0.248 e. The molecule has 0 radical (unpaired) electrons. The van der Waals surface area contributed by atoms with Gasteiger partial charge in [0.25, 0.3) is 0 Å². The zero-order valence-corrected chi connectivity index (χ0v) is 16.8. The van der Waals surface area contributed by atoms with Gasteiger partial charge in [0.15, 0.2) is 5.76 Å². The molecule has 0 bridgehead atoms. The van der Waals surface area contributed by atoms with Crippen LogP contribution in [0.2, 0.25) is 0 Å². The van der Waals surface area contributed by atoms with Crippen molar-refractivity contribution in [2.45, 2.75) is 25.3 Å². The Bertz CT molecular complexity index is 996. The number of nitrogens with zero attached hydrogens (tertiary/aromatic N) is 3. The lowest BCUT2D eigenvalue weighted by molar-refractivity contribution is -0.917. The Morgan fingerprint density at radius 1 is 1.30 bits per heavy atom. The average Bonchev–Trinajstić information content (AvgIpc) is 3.37. The van der Waals surface area contributed by atoms with Gasteiger partial charge in [-0.15, -0.1) is 11.3 Å². The van der Waals surface area contributed by atoms with E-state index >= 15 is 0 Å². The van der Waals surface area contributed by atoms with Crippen LogP contribution in [0, 0.1) is 13.8 Å². The molecule has 8 nitrogen and oxygen atoms in total. The lowest BCUT2D eigenvalue weighted by atomic mass is 10.3. The molecule has 4 heterocycles. The number of rotatable bonds is 5. The third kappa shape index (κ3) is 3.57. The number of piperazine rings is 1. The fraction of sp³-hybridized carbons (Fsp3) is 0.412. The van der Waals surface area contributed by atoms with Crippen molar-refractivity contribution in [1.82, 2.24) is 14.4 Å². The average molecular weight is 410 g/mol. The molecule has 144 valence electrons. The highest BCUT2D eigenvalue weighted by molar-refractivity contribution is 7.89. The number of oxazole rings is 1. The van der Waals surface area contributed by atoms with E-state index in [4.69, 9.17) is 8.94 Å². The maximum absolute atomic E-state index is 12.9. The van der Waals surface area contributed by atoms with Gasteiger partial charge in [0.1, 0.15) is 29.1 Å². The summed E-state index contributed by atoms with van der Waals surface area (Å²) in [4.78, 5) is 7.04. The molecule has 27 heavy (non-hydrogen) atoms. The largest absolute Gasteiger partial charge is 0.443 e. The maximum atomic E-state index is 12.9. The van der Waals surface area contributed by atoms with Crippen LogP contribution in [0.3, 0.4) is 0 Å². The third-order valence-electron chi connectivity index (χ3n) is 4.71. The summed E-state index contributed by atoms with van der Waals surface area (Å²) in [6.45, 7) is 6.33. The molecule has 1 aliphatic rings. The Labute approximate surface area is 161 Å². The summed E-state index contributed by atoms with van der Waals surface area (Å²) in [6, 6.07) is 3.94. The molecule has 0 saturated carbocycles. The molecule has 3 aromatic rings. The van der Waals surface area contributed by atoms with Crippen molar-refractivity contribution in [3.63, 3.8) is 0 Å². The van der Waals surface area contributed by atoms with E-state index in [-0.39, 0.29) is 4.90 Å². The highest BCUT2D eigenvalue weighted by Gasteiger charge is 2.34. The Hall–Kier alpha value is -2.01. The summed E-state index contributed by atoms with van der Waals surface area (Å²) >= 11 is 1.59. The fourth-order valence-electron chi connectivity index (χ4n) is 3.35. The van der Waals surface area contributed by atoms with Gasteiger partial charge in [-0.05, 0) is 25.3 Å². The number of hydrogen-bond acceptors (Lipinski definition) is 7. The Morgan fingerprint density at radius 3 is 2.70 bits per heavy atom. The second-order valence-electron chi connectivity index (χ2n) is 6.61. The summed E-state index contributed by atoms with van der Waals surface area (Å²) in [5, 5.41) is 5.76. The number of hydrogen-bond donors (Lipinski definition) is 1. The number of quaternary nitrogens is 1. The number of sulfonamides is 1. The van der Waals surface area contributed by atoms with E-state index in [1.54, 1.807) is 31.4 Å². The van der Waals surface area contributed by atoms with Gasteiger partial charge in [-0.25, -0.2) is 13.4 Å². The molecular formula is C17H21N4O4S2+. The van der Waals surface area contributed by atoms with Crippen molar-refractivity contribution in [3.8, 4) is 10.8 Å². The maximum Gasteiger partial charge on any atom is 0.248 e. The standard InChI is InChI=1S/C17H20N4O4S2/c1-12-16(13(2)25-19-12)27(22,23)21-7-5-20(6-8-21)10-14-11-24-17(18-14)15-4-3-9-26-15/h3-4,9,11H,5-8,10H2,1-2H3/p+1. The molecule has 0 aromatic carbocycles. The van der Waals surface area contributed by atoms with Gasteiger partial charge < -0.3 is 13.8 Å². The molecule has 3 aromatic heterocycles. The van der Waals surface area contributed by atoms with Crippen LogP contribution in [0.25, 0.3) is 10.8 Å². The SMILES string of the molecule is Cc1noc(C)c1S(=O)(=O)N1CC[NH+](Cc2coc(-c3cccs3)n2)CC1. The minimum absolute atomic E-state index is 0.197. The topological polar surface area (TPSA) is 93.9 Å². The van der Waals surface area contributed by atoms with Crippen LogP contribution in [-0.4, -0.2) is 49.0 Å². The molecule has 0 atom stereocenters. The van der Waals surface area contributed by atoms with E-state index in [0.29, 0.717) is 50.1 Å². The van der Waals surface area contributed by atoms with E-state index in [1.807, 2.05) is 17.5 Å². The minimum Gasteiger partial charge on any atom is -0.443 e. The quantitative estimate of drug-likeness (QED) is 0.678. The number of aromatic nitrogens is 2. The highest BCUT2D eigenvalue weighted by Crippen LogP contribution is 2.24. The van der Waals surface area contributed by atoms with Crippen molar-refractivity contribution in [3.05, 3.63) is 40.9 Å². The van der Waals surface area contributed by atoms with Crippen LogP contribution in [0.1, 0.15) is 17.1 Å². The molecule has 0 unspecified atom stereocenters. The van der Waals surface area contributed by atoms with E-state index < -0.39 is 10.0 Å². The van der Waals surface area contributed by atoms with Gasteiger partial charge in [0.2, 0.25) is 15.9 Å². The van der Waals surface area contributed by atoms with Crippen molar-refractivity contribution >= 4 is 21.4 Å². The first kappa shape index (κ1) is 18.4. The first-order valence-electron chi connectivity index (χ1n) is 8.70. The molecule has 1 fully saturated rings. The van der Waals surface area contributed by atoms with Crippen molar-refractivity contribution in [2.24, 2.45) is 0 Å². The van der Waals surface area contributed by atoms with Crippen LogP contribution in [-0.2, 0) is 16.6 Å². The molecule has 1 saturated heterocycles. The predicted octanol–water partition coefficient (Wildman–Crippen LogP) is 1.10. The summed E-state index contributed by atoms with van der Waals surface area (Å²) in [5.74, 6) is 0.977. The Balaban J connectivity index is 1.39. The Kier molecular flexibility index (Phi) is 4.89. The molecule has 4 rings (SSSR count). The minimum atomic E-state index is -3.57. The Morgan fingerprint density at radius 2 is 2.07 bits per heavy atom. The van der Waals surface area contributed by atoms with Crippen LogP contribution in [0.5, 0.6) is 0 Å². The van der Waals surface area contributed by atoms with Crippen molar-refractivity contribution < 1.29 is 22.3 Å². The summed E-state index contributed by atoms with van der Waals surface area (Å²) in [5.41, 5.74) is 1.29. The fourth-order valence-corrected chi connectivity index (χ4v) is 5.74. The van der Waals surface area contributed by atoms with Gasteiger partial charge in [-0.3, -0.25) is 0 Å². The summed E-state index contributed by atoms with van der Waals surface area (Å²) < 4.78 is 37.9. The van der Waals surface area contributed by atoms with E-state index in [1.165, 1.54) is 9.21 Å². The lowest BCUT2D eigenvalue weighted by Crippen LogP contribution is -3.13. The summed E-state index contributed by atoms with van der Waals surface area (Å²) in [7, 11) is -3.57. The van der Waals surface area contributed by atoms with Crippen LogP contribution < -0.4 is 4.90 Å². The van der Waals surface area contributed by atoms with Gasteiger partial charge in [0, 0.05) is 0 Å². The third-order valence-corrected chi connectivity index (χ3v) is 7.71. The first-order valence-corrected chi connectivity index (χ1v) is 11.0.